The summed E-state index contributed by atoms with van der Waals surface area (Å²) in [6.07, 6.45) is 3.81. The molecule has 3 fully saturated rings. The molecule has 3 aliphatic rings. The summed E-state index contributed by atoms with van der Waals surface area (Å²) >= 11 is 0. The summed E-state index contributed by atoms with van der Waals surface area (Å²) in [4.78, 5) is 41.4. The first kappa shape index (κ1) is 17.0. The molecule has 138 valence electrons. The van der Waals surface area contributed by atoms with Crippen molar-refractivity contribution < 1.29 is 14.4 Å². The van der Waals surface area contributed by atoms with Gasteiger partial charge in [0.1, 0.15) is 6.54 Å². The number of piperidine rings is 1. The number of imide groups is 1. The predicted octanol–water partition coefficient (Wildman–Crippen LogP) is 1.44. The Balaban J connectivity index is 1.36. The van der Waals surface area contributed by atoms with E-state index in [0.717, 1.165) is 19.6 Å². The predicted molar refractivity (Wildman–Crippen MR) is 97.0 cm³/mol. The highest BCUT2D eigenvalue weighted by Gasteiger charge is 2.37. The molecule has 0 aromatic heterocycles. The van der Waals surface area contributed by atoms with Gasteiger partial charge >= 0.3 is 6.03 Å². The van der Waals surface area contributed by atoms with E-state index in [1.165, 1.54) is 24.2 Å². The van der Waals surface area contributed by atoms with Crippen molar-refractivity contribution in [2.24, 2.45) is 0 Å². The lowest BCUT2D eigenvalue weighted by atomic mass is 9.97. The Bertz CT molecular complexity index is 727. The summed E-state index contributed by atoms with van der Waals surface area (Å²) in [5.74, 6) is -0.284. The van der Waals surface area contributed by atoms with Crippen LogP contribution >= 0.6 is 0 Å². The second kappa shape index (κ2) is 6.72. The van der Waals surface area contributed by atoms with Crippen LogP contribution in [0.15, 0.2) is 24.3 Å². The van der Waals surface area contributed by atoms with Crippen LogP contribution in [0.3, 0.4) is 0 Å². The summed E-state index contributed by atoms with van der Waals surface area (Å²) in [6, 6.07) is 7.56. The monoisotopic (exact) mass is 356 g/mol. The molecular formula is C19H24N4O3. The molecule has 0 saturated carbocycles. The molecular weight excluding hydrogens is 332 g/mol. The van der Waals surface area contributed by atoms with Gasteiger partial charge in [-0.2, -0.15) is 0 Å². The Kier molecular flexibility index (Phi) is 4.40. The Hall–Kier alpha value is -2.41. The molecule has 4 rings (SSSR count). The van der Waals surface area contributed by atoms with Crippen LogP contribution < -0.4 is 10.2 Å². The lowest BCUT2D eigenvalue weighted by molar-refractivity contribution is -0.117. The first-order chi connectivity index (χ1) is 12.5. The Morgan fingerprint density at radius 3 is 2.46 bits per heavy atom. The summed E-state index contributed by atoms with van der Waals surface area (Å²) in [5.41, 5.74) is 1.23. The number of nitrogens with zero attached hydrogens (tertiary/aromatic N) is 3. The van der Waals surface area contributed by atoms with E-state index in [2.05, 4.69) is 17.1 Å². The zero-order valence-corrected chi connectivity index (χ0v) is 15.0. The van der Waals surface area contributed by atoms with Crippen molar-refractivity contribution in [3.8, 4) is 0 Å². The third-order valence-corrected chi connectivity index (χ3v) is 5.69. The zero-order chi connectivity index (χ0) is 18.3. The Morgan fingerprint density at radius 2 is 1.85 bits per heavy atom. The van der Waals surface area contributed by atoms with Crippen molar-refractivity contribution in [3.05, 3.63) is 29.8 Å². The minimum atomic E-state index is -0.421. The molecule has 1 atom stereocenters. The number of carbonyl (C=O) groups is 3. The normalized spacial score (nSPS) is 24.6. The molecule has 7 nitrogen and oxygen atoms in total. The molecule has 3 aliphatic heterocycles. The third kappa shape index (κ3) is 3.07. The molecule has 1 N–H and O–H groups in total. The van der Waals surface area contributed by atoms with Gasteiger partial charge in [0.25, 0.3) is 5.91 Å². The summed E-state index contributed by atoms with van der Waals surface area (Å²) in [5, 5.41) is 2.25. The molecule has 3 saturated heterocycles. The molecule has 4 amide bonds. The number of hydrogen-bond donors (Lipinski definition) is 1. The molecule has 26 heavy (non-hydrogen) atoms. The first-order valence-electron chi connectivity index (χ1n) is 9.29. The topological polar surface area (TPSA) is 73.0 Å². The van der Waals surface area contributed by atoms with Gasteiger partial charge in [0.15, 0.2) is 0 Å². The number of likely N-dealkylation sites (tertiary alicyclic amines) is 2. The number of nitrogens with one attached hydrogen (secondary N) is 1. The molecule has 1 unspecified atom stereocenters. The van der Waals surface area contributed by atoms with Gasteiger partial charge in [0.05, 0.1) is 0 Å². The van der Waals surface area contributed by atoms with Crippen molar-refractivity contribution in [1.82, 2.24) is 15.1 Å². The van der Waals surface area contributed by atoms with E-state index in [0.29, 0.717) is 23.3 Å². The maximum Gasteiger partial charge on any atom is 0.329 e. The van der Waals surface area contributed by atoms with Gasteiger partial charge in [0, 0.05) is 36.4 Å². The number of rotatable bonds is 3. The number of amides is 4. The minimum Gasteiger partial charge on any atom is -0.335 e. The Labute approximate surface area is 152 Å². The maximum absolute atomic E-state index is 12.6. The van der Waals surface area contributed by atoms with Gasteiger partial charge in [-0.25, -0.2) is 4.79 Å². The first-order valence-corrected chi connectivity index (χ1v) is 9.29. The fourth-order valence-corrected chi connectivity index (χ4v) is 4.11. The van der Waals surface area contributed by atoms with Crippen molar-refractivity contribution in [1.29, 1.82) is 0 Å². The van der Waals surface area contributed by atoms with E-state index in [-0.39, 0.29) is 18.4 Å². The van der Waals surface area contributed by atoms with Crippen LogP contribution in [0.25, 0.3) is 0 Å². The van der Waals surface area contributed by atoms with E-state index >= 15 is 0 Å². The van der Waals surface area contributed by atoms with E-state index in [4.69, 9.17) is 0 Å². The minimum absolute atomic E-state index is 0.0218. The number of anilines is 1. The van der Waals surface area contributed by atoms with Crippen molar-refractivity contribution in [2.75, 3.05) is 31.1 Å². The summed E-state index contributed by atoms with van der Waals surface area (Å²) in [7, 11) is 0. The average Bonchev–Trinajstić information content (AvgIpc) is 2.93. The molecule has 1 aromatic rings. The number of carbonyl (C=O) groups excluding carboxylic acids is 3. The number of benzene rings is 1. The van der Waals surface area contributed by atoms with Crippen molar-refractivity contribution >= 4 is 23.5 Å². The van der Waals surface area contributed by atoms with E-state index in [1.807, 2.05) is 4.90 Å². The smallest absolute Gasteiger partial charge is 0.329 e. The van der Waals surface area contributed by atoms with Gasteiger partial charge < -0.3 is 4.90 Å². The standard InChI is InChI=1S/C19H24N4O3/c1-13-4-2-3-9-22(13)16-10-21(11-16)18(25)14-5-7-15(8-6-14)23-12-17(24)20-19(23)26/h5-8,13,16H,2-4,9-12H2,1H3,(H,20,24,26). The maximum atomic E-state index is 12.6. The van der Waals surface area contributed by atoms with Crippen LogP contribution in [0.4, 0.5) is 10.5 Å². The lowest BCUT2D eigenvalue weighted by Gasteiger charge is -2.49. The van der Waals surface area contributed by atoms with E-state index in [1.54, 1.807) is 24.3 Å². The number of hydrogen-bond acceptors (Lipinski definition) is 4. The van der Waals surface area contributed by atoms with Crippen LogP contribution in [0.2, 0.25) is 0 Å². The highest BCUT2D eigenvalue weighted by molar-refractivity contribution is 6.12. The van der Waals surface area contributed by atoms with Gasteiger partial charge in [0.2, 0.25) is 5.91 Å². The largest absolute Gasteiger partial charge is 0.335 e. The van der Waals surface area contributed by atoms with Gasteiger partial charge in [-0.15, -0.1) is 0 Å². The van der Waals surface area contributed by atoms with Gasteiger partial charge in [-0.3, -0.25) is 24.7 Å². The lowest BCUT2D eigenvalue weighted by Crippen LogP contribution is -2.63. The van der Waals surface area contributed by atoms with Gasteiger partial charge in [-0.05, 0) is 50.6 Å². The van der Waals surface area contributed by atoms with Crippen LogP contribution in [-0.2, 0) is 4.79 Å². The van der Waals surface area contributed by atoms with Crippen LogP contribution in [0.5, 0.6) is 0 Å². The molecule has 0 spiro atoms. The summed E-state index contributed by atoms with van der Waals surface area (Å²) < 4.78 is 0. The summed E-state index contributed by atoms with van der Waals surface area (Å²) in [6.45, 7) is 5.01. The molecule has 1 aromatic carbocycles. The highest BCUT2D eigenvalue weighted by atomic mass is 16.2. The average molecular weight is 356 g/mol. The van der Waals surface area contributed by atoms with Crippen LogP contribution in [0, 0.1) is 0 Å². The fraction of sp³-hybridized carbons (Fsp3) is 0.526. The molecule has 7 heteroatoms. The highest BCUT2D eigenvalue weighted by Crippen LogP contribution is 2.26. The quantitative estimate of drug-likeness (QED) is 0.832. The molecule has 3 heterocycles. The van der Waals surface area contributed by atoms with Crippen LogP contribution in [0.1, 0.15) is 36.5 Å². The van der Waals surface area contributed by atoms with Crippen molar-refractivity contribution in [3.63, 3.8) is 0 Å². The van der Waals surface area contributed by atoms with Crippen LogP contribution in [-0.4, -0.2) is 65.9 Å². The van der Waals surface area contributed by atoms with Gasteiger partial charge in [-0.1, -0.05) is 6.42 Å². The third-order valence-electron chi connectivity index (χ3n) is 5.69. The number of urea groups is 1. The molecule has 0 bridgehead atoms. The second-order valence-electron chi connectivity index (χ2n) is 7.43. The van der Waals surface area contributed by atoms with E-state index < -0.39 is 6.03 Å². The Morgan fingerprint density at radius 1 is 1.12 bits per heavy atom. The van der Waals surface area contributed by atoms with Crippen molar-refractivity contribution in [2.45, 2.75) is 38.3 Å². The molecule has 0 radical (unpaired) electrons. The SMILES string of the molecule is CC1CCCCN1C1CN(C(=O)c2ccc(N3CC(=O)NC3=O)cc2)C1. The fourth-order valence-electron chi connectivity index (χ4n) is 4.11. The molecule has 0 aliphatic carbocycles. The second-order valence-corrected chi connectivity index (χ2v) is 7.43. The van der Waals surface area contributed by atoms with E-state index in [9.17, 15) is 14.4 Å². The zero-order valence-electron chi connectivity index (χ0n) is 15.0.